The number of pyridine rings is 1. The van der Waals surface area contributed by atoms with Crippen LogP contribution in [0.2, 0.25) is 0 Å². The molecule has 24 heavy (non-hydrogen) atoms. The lowest BCUT2D eigenvalue weighted by Gasteiger charge is -2.09. The number of anilines is 1. The van der Waals surface area contributed by atoms with Crippen LogP contribution in [0, 0.1) is 6.92 Å². The highest BCUT2D eigenvalue weighted by molar-refractivity contribution is 6.00. The van der Waals surface area contributed by atoms with E-state index in [2.05, 4.69) is 10.3 Å². The molecule has 1 heterocycles. The van der Waals surface area contributed by atoms with Gasteiger partial charge in [0.15, 0.2) is 17.3 Å². The van der Waals surface area contributed by atoms with E-state index in [0.29, 0.717) is 22.9 Å². The van der Waals surface area contributed by atoms with Gasteiger partial charge in [-0.3, -0.25) is 9.59 Å². The summed E-state index contributed by atoms with van der Waals surface area (Å²) in [6.07, 6.45) is 1.82. The minimum Gasteiger partial charge on any atom is -0.493 e. The van der Waals surface area contributed by atoms with Gasteiger partial charge < -0.3 is 14.8 Å². The number of ketones is 1. The van der Waals surface area contributed by atoms with Crippen molar-refractivity contribution < 1.29 is 19.1 Å². The van der Waals surface area contributed by atoms with Crippen molar-refractivity contribution >= 4 is 17.5 Å². The maximum Gasteiger partial charge on any atom is 0.225 e. The third-order valence-electron chi connectivity index (χ3n) is 3.47. The number of nitrogens with one attached hydrogen (secondary N) is 1. The summed E-state index contributed by atoms with van der Waals surface area (Å²) in [6.45, 7) is 1.91. The largest absolute Gasteiger partial charge is 0.493 e. The second-order valence-corrected chi connectivity index (χ2v) is 5.26. The molecular weight excluding hydrogens is 308 g/mol. The number of aromatic nitrogens is 1. The van der Waals surface area contributed by atoms with Gasteiger partial charge in [-0.05, 0) is 42.8 Å². The summed E-state index contributed by atoms with van der Waals surface area (Å²) in [6, 6.07) is 8.55. The zero-order valence-corrected chi connectivity index (χ0v) is 14.0. The number of hydrogen-bond donors (Lipinski definition) is 1. The molecule has 1 N–H and O–H groups in total. The molecule has 0 atom stereocenters. The highest BCUT2D eigenvalue weighted by Crippen LogP contribution is 2.28. The monoisotopic (exact) mass is 328 g/mol. The maximum absolute atomic E-state index is 12.2. The Bertz CT molecular complexity index is 744. The molecule has 0 aliphatic heterocycles. The lowest BCUT2D eigenvalue weighted by molar-refractivity contribution is -0.116. The molecule has 1 aromatic heterocycles. The van der Waals surface area contributed by atoms with Crippen LogP contribution in [0.25, 0.3) is 0 Å². The van der Waals surface area contributed by atoms with E-state index in [0.717, 1.165) is 5.56 Å². The molecule has 0 aliphatic carbocycles. The first-order chi connectivity index (χ1) is 11.5. The number of amides is 1. The number of carbonyl (C=O) groups excluding carboxylic acids is 2. The van der Waals surface area contributed by atoms with Crippen molar-refractivity contribution in [2.75, 3.05) is 19.5 Å². The topological polar surface area (TPSA) is 77.5 Å². The standard InChI is InChI=1S/C18H20N2O4/c1-12-8-9-19-17(10-12)20-18(22)7-5-14(21)13-4-6-15(23-2)16(11-13)24-3/h4,6,8-11H,5,7H2,1-3H3,(H,19,20,22). The van der Waals surface area contributed by atoms with E-state index in [1.807, 2.05) is 13.0 Å². The van der Waals surface area contributed by atoms with E-state index < -0.39 is 0 Å². The van der Waals surface area contributed by atoms with E-state index in [9.17, 15) is 9.59 Å². The van der Waals surface area contributed by atoms with E-state index in [-0.39, 0.29) is 24.5 Å². The van der Waals surface area contributed by atoms with Gasteiger partial charge in [-0.15, -0.1) is 0 Å². The van der Waals surface area contributed by atoms with Crippen LogP contribution in [0.4, 0.5) is 5.82 Å². The summed E-state index contributed by atoms with van der Waals surface area (Å²) in [7, 11) is 3.04. The van der Waals surface area contributed by atoms with Crippen molar-refractivity contribution in [3.63, 3.8) is 0 Å². The highest BCUT2D eigenvalue weighted by Gasteiger charge is 2.13. The second-order valence-electron chi connectivity index (χ2n) is 5.26. The Morgan fingerprint density at radius 1 is 1.04 bits per heavy atom. The number of methoxy groups -OCH3 is 2. The van der Waals surface area contributed by atoms with Crippen LogP contribution in [-0.2, 0) is 4.79 Å². The summed E-state index contributed by atoms with van der Waals surface area (Å²) in [4.78, 5) is 28.2. The molecule has 6 heteroatoms. The first kappa shape index (κ1) is 17.5. The molecular formula is C18H20N2O4. The Morgan fingerprint density at radius 2 is 1.79 bits per heavy atom. The predicted octanol–water partition coefficient (Wildman–Crippen LogP) is 3.01. The molecule has 1 amide bonds. The fourth-order valence-electron chi connectivity index (χ4n) is 2.19. The maximum atomic E-state index is 12.2. The van der Waals surface area contributed by atoms with Gasteiger partial charge in [0.1, 0.15) is 5.82 Å². The Balaban J connectivity index is 1.94. The average molecular weight is 328 g/mol. The van der Waals surface area contributed by atoms with Crippen LogP contribution in [0.15, 0.2) is 36.5 Å². The number of carbonyl (C=O) groups is 2. The van der Waals surface area contributed by atoms with Crippen LogP contribution < -0.4 is 14.8 Å². The molecule has 6 nitrogen and oxygen atoms in total. The number of Topliss-reactive ketones (excluding diaryl/α,β-unsaturated/α-hetero) is 1. The Labute approximate surface area is 140 Å². The normalized spacial score (nSPS) is 10.1. The van der Waals surface area contributed by atoms with Crippen LogP contribution >= 0.6 is 0 Å². The number of benzene rings is 1. The fraction of sp³-hybridized carbons (Fsp3) is 0.278. The number of aryl methyl sites for hydroxylation is 1. The number of ether oxygens (including phenoxy) is 2. The Morgan fingerprint density at radius 3 is 2.46 bits per heavy atom. The highest BCUT2D eigenvalue weighted by atomic mass is 16.5. The Kier molecular flexibility index (Phi) is 5.89. The van der Waals surface area contributed by atoms with Gasteiger partial charge in [-0.1, -0.05) is 0 Å². The van der Waals surface area contributed by atoms with E-state index in [4.69, 9.17) is 9.47 Å². The molecule has 0 saturated heterocycles. The first-order valence-electron chi connectivity index (χ1n) is 7.51. The van der Waals surface area contributed by atoms with Crippen LogP contribution in [0.1, 0.15) is 28.8 Å². The average Bonchev–Trinajstić information content (AvgIpc) is 2.59. The summed E-state index contributed by atoms with van der Waals surface area (Å²) >= 11 is 0. The number of hydrogen-bond acceptors (Lipinski definition) is 5. The van der Waals surface area contributed by atoms with Gasteiger partial charge in [0.05, 0.1) is 14.2 Å². The van der Waals surface area contributed by atoms with Gasteiger partial charge in [0, 0.05) is 24.6 Å². The van der Waals surface area contributed by atoms with Crippen LogP contribution in [0.5, 0.6) is 11.5 Å². The fourth-order valence-corrected chi connectivity index (χ4v) is 2.19. The quantitative estimate of drug-likeness (QED) is 0.791. The van der Waals surface area contributed by atoms with Gasteiger partial charge in [0.2, 0.25) is 5.91 Å². The third kappa shape index (κ3) is 4.55. The summed E-state index contributed by atoms with van der Waals surface area (Å²) in [5.74, 6) is 1.14. The lowest BCUT2D eigenvalue weighted by atomic mass is 10.1. The second kappa shape index (κ2) is 8.10. The van der Waals surface area contributed by atoms with Gasteiger partial charge >= 0.3 is 0 Å². The first-order valence-corrected chi connectivity index (χ1v) is 7.51. The van der Waals surface area contributed by atoms with Crippen molar-refractivity contribution in [1.29, 1.82) is 0 Å². The number of nitrogens with zero attached hydrogens (tertiary/aromatic N) is 1. The van der Waals surface area contributed by atoms with Crippen molar-refractivity contribution in [3.05, 3.63) is 47.7 Å². The molecule has 1 aromatic carbocycles. The van der Waals surface area contributed by atoms with Crippen molar-refractivity contribution in [3.8, 4) is 11.5 Å². The van der Waals surface area contributed by atoms with E-state index >= 15 is 0 Å². The van der Waals surface area contributed by atoms with E-state index in [1.165, 1.54) is 14.2 Å². The zero-order chi connectivity index (χ0) is 17.5. The van der Waals surface area contributed by atoms with Crippen molar-refractivity contribution in [2.24, 2.45) is 0 Å². The van der Waals surface area contributed by atoms with Crippen LogP contribution in [0.3, 0.4) is 0 Å². The van der Waals surface area contributed by atoms with E-state index in [1.54, 1.807) is 30.5 Å². The van der Waals surface area contributed by atoms with Crippen molar-refractivity contribution in [1.82, 2.24) is 4.98 Å². The molecule has 0 bridgehead atoms. The molecule has 0 spiro atoms. The van der Waals surface area contributed by atoms with Gasteiger partial charge in [-0.2, -0.15) is 0 Å². The van der Waals surface area contributed by atoms with Gasteiger partial charge in [-0.25, -0.2) is 4.98 Å². The molecule has 2 rings (SSSR count). The minimum atomic E-state index is -0.248. The number of rotatable bonds is 7. The molecule has 0 radical (unpaired) electrons. The third-order valence-corrected chi connectivity index (χ3v) is 3.47. The van der Waals surface area contributed by atoms with Crippen molar-refractivity contribution in [2.45, 2.75) is 19.8 Å². The Hall–Kier alpha value is -2.89. The molecule has 2 aromatic rings. The molecule has 0 saturated carbocycles. The summed E-state index contributed by atoms with van der Waals surface area (Å²) in [5, 5.41) is 2.68. The lowest BCUT2D eigenvalue weighted by Crippen LogP contribution is -2.14. The SMILES string of the molecule is COc1ccc(C(=O)CCC(=O)Nc2cc(C)ccn2)cc1OC. The summed E-state index contributed by atoms with van der Waals surface area (Å²) in [5.41, 5.74) is 1.48. The minimum absolute atomic E-state index is 0.0861. The summed E-state index contributed by atoms with van der Waals surface area (Å²) < 4.78 is 10.3. The molecule has 0 aliphatic rings. The molecule has 126 valence electrons. The molecule has 0 fully saturated rings. The smallest absolute Gasteiger partial charge is 0.225 e. The predicted molar refractivity (Wildman–Crippen MR) is 90.7 cm³/mol. The molecule has 0 unspecified atom stereocenters. The van der Waals surface area contributed by atoms with Gasteiger partial charge in [0.25, 0.3) is 0 Å². The zero-order valence-electron chi connectivity index (χ0n) is 14.0. The van der Waals surface area contributed by atoms with Crippen LogP contribution in [-0.4, -0.2) is 30.9 Å².